The molecule has 10 heavy (non-hydrogen) atoms. The predicted octanol–water partition coefficient (Wildman–Crippen LogP) is 0.891. The molecule has 1 unspecified atom stereocenters. The minimum absolute atomic E-state index is 0.190. The van der Waals surface area contributed by atoms with E-state index in [1.165, 1.54) is 0 Å². The van der Waals surface area contributed by atoms with E-state index in [4.69, 9.17) is 5.73 Å². The van der Waals surface area contributed by atoms with Crippen molar-refractivity contribution in [3.8, 4) is 0 Å². The highest BCUT2D eigenvalue weighted by atomic mass is 14.9. The molecule has 0 aliphatic carbocycles. The summed E-state index contributed by atoms with van der Waals surface area (Å²) in [5.41, 5.74) is 6.52. The normalized spacial score (nSPS) is 24.5. The van der Waals surface area contributed by atoms with Crippen molar-refractivity contribution in [3.63, 3.8) is 0 Å². The summed E-state index contributed by atoms with van der Waals surface area (Å²) in [6.45, 7) is 1.93. The van der Waals surface area contributed by atoms with E-state index < -0.39 is 0 Å². The highest BCUT2D eigenvalue weighted by molar-refractivity contribution is 5.22. The van der Waals surface area contributed by atoms with E-state index in [2.05, 4.69) is 5.32 Å². The van der Waals surface area contributed by atoms with Crippen molar-refractivity contribution >= 4 is 0 Å². The lowest BCUT2D eigenvalue weighted by Gasteiger charge is -2.15. The fraction of sp³-hybridized carbons (Fsp3) is 0.250. The van der Waals surface area contributed by atoms with Gasteiger partial charge in [0.05, 0.1) is 6.04 Å². The molecule has 0 fully saturated rings. The van der Waals surface area contributed by atoms with Crippen LogP contribution in [0.5, 0.6) is 0 Å². The maximum absolute atomic E-state index is 5.66. The summed E-state index contributed by atoms with van der Waals surface area (Å²) in [6.07, 6.45) is 9.74. The maximum atomic E-state index is 5.66. The van der Waals surface area contributed by atoms with Crippen molar-refractivity contribution < 1.29 is 0 Å². The first-order valence-electron chi connectivity index (χ1n) is 3.35. The standard InChI is InChI=1S/C8H12N2/c1-2-7(9)8-5-3-4-6-10-8/h2-6,8,10H,9H2,1H3/b7-2-. The van der Waals surface area contributed by atoms with Crippen LogP contribution in [0.4, 0.5) is 0 Å². The number of nitrogens with two attached hydrogens (primary N) is 1. The molecule has 0 saturated heterocycles. The molecule has 0 aromatic heterocycles. The van der Waals surface area contributed by atoms with Crippen molar-refractivity contribution in [3.05, 3.63) is 36.2 Å². The zero-order valence-electron chi connectivity index (χ0n) is 6.04. The molecule has 2 heteroatoms. The number of dihydropyridines is 1. The molecule has 0 amide bonds. The molecule has 3 N–H and O–H groups in total. The molecule has 0 saturated carbocycles. The zero-order valence-corrected chi connectivity index (χ0v) is 6.04. The topological polar surface area (TPSA) is 38.0 Å². The lowest BCUT2D eigenvalue weighted by atomic mass is 10.1. The van der Waals surface area contributed by atoms with E-state index in [-0.39, 0.29) is 6.04 Å². The number of hydrogen-bond donors (Lipinski definition) is 2. The molecule has 1 atom stereocenters. The Morgan fingerprint density at radius 2 is 2.40 bits per heavy atom. The average Bonchev–Trinajstić information content (AvgIpc) is 2.05. The molecule has 1 aliphatic rings. The van der Waals surface area contributed by atoms with Gasteiger partial charge in [-0.2, -0.15) is 0 Å². The Hall–Kier alpha value is -1.18. The van der Waals surface area contributed by atoms with Crippen molar-refractivity contribution in [2.24, 2.45) is 5.73 Å². The van der Waals surface area contributed by atoms with E-state index in [1.54, 1.807) is 0 Å². The Morgan fingerprint density at radius 1 is 1.60 bits per heavy atom. The monoisotopic (exact) mass is 136 g/mol. The smallest absolute Gasteiger partial charge is 0.0837 e. The van der Waals surface area contributed by atoms with Gasteiger partial charge >= 0.3 is 0 Å². The maximum Gasteiger partial charge on any atom is 0.0837 e. The first kappa shape index (κ1) is 6.93. The van der Waals surface area contributed by atoms with E-state index in [1.807, 2.05) is 37.4 Å². The van der Waals surface area contributed by atoms with Gasteiger partial charge in [-0.3, -0.25) is 0 Å². The second-order valence-electron chi connectivity index (χ2n) is 2.18. The average molecular weight is 136 g/mol. The number of hydrogen-bond acceptors (Lipinski definition) is 2. The molecule has 0 aromatic carbocycles. The van der Waals surface area contributed by atoms with Crippen LogP contribution in [0.1, 0.15) is 6.92 Å². The Morgan fingerprint density at radius 3 is 2.90 bits per heavy atom. The van der Waals surface area contributed by atoms with Gasteiger partial charge in [-0.1, -0.05) is 18.2 Å². The summed E-state index contributed by atoms with van der Waals surface area (Å²) in [4.78, 5) is 0. The summed E-state index contributed by atoms with van der Waals surface area (Å²) < 4.78 is 0. The zero-order chi connectivity index (χ0) is 7.40. The van der Waals surface area contributed by atoms with Crippen molar-refractivity contribution in [1.29, 1.82) is 0 Å². The largest absolute Gasteiger partial charge is 0.400 e. The van der Waals surface area contributed by atoms with Gasteiger partial charge < -0.3 is 11.1 Å². The van der Waals surface area contributed by atoms with Gasteiger partial charge in [0.1, 0.15) is 0 Å². The van der Waals surface area contributed by atoms with E-state index in [0.29, 0.717) is 0 Å². The van der Waals surface area contributed by atoms with Crippen LogP contribution in [0.3, 0.4) is 0 Å². The van der Waals surface area contributed by atoms with Gasteiger partial charge in [0.15, 0.2) is 0 Å². The van der Waals surface area contributed by atoms with Crippen LogP contribution >= 0.6 is 0 Å². The Balaban J connectivity index is 2.59. The molecule has 0 spiro atoms. The lowest BCUT2D eigenvalue weighted by molar-refractivity contribution is 0.773. The van der Waals surface area contributed by atoms with Gasteiger partial charge in [0, 0.05) is 5.70 Å². The highest BCUT2D eigenvalue weighted by Gasteiger charge is 2.04. The van der Waals surface area contributed by atoms with Crippen molar-refractivity contribution in [1.82, 2.24) is 5.32 Å². The Bertz CT molecular complexity index is 189. The SMILES string of the molecule is C/C=C(\N)C1C=CC=CN1. The molecule has 1 aliphatic heterocycles. The molecule has 54 valence electrons. The lowest BCUT2D eigenvalue weighted by Crippen LogP contribution is -2.29. The minimum Gasteiger partial charge on any atom is -0.400 e. The molecule has 0 bridgehead atoms. The van der Waals surface area contributed by atoms with Gasteiger partial charge in [-0.25, -0.2) is 0 Å². The fourth-order valence-electron chi connectivity index (χ4n) is 0.832. The van der Waals surface area contributed by atoms with Gasteiger partial charge in [0.25, 0.3) is 0 Å². The first-order chi connectivity index (χ1) is 4.84. The quantitative estimate of drug-likeness (QED) is 0.562. The minimum atomic E-state index is 0.190. The van der Waals surface area contributed by atoms with Gasteiger partial charge in [0.2, 0.25) is 0 Å². The Labute approximate surface area is 61.1 Å². The third kappa shape index (κ3) is 1.41. The van der Waals surface area contributed by atoms with Gasteiger partial charge in [-0.15, -0.1) is 0 Å². The van der Waals surface area contributed by atoms with E-state index in [9.17, 15) is 0 Å². The number of rotatable bonds is 1. The third-order valence-corrected chi connectivity index (χ3v) is 1.48. The number of allylic oxidation sites excluding steroid dienone is 3. The second kappa shape index (κ2) is 3.11. The fourth-order valence-corrected chi connectivity index (χ4v) is 0.832. The molecular weight excluding hydrogens is 124 g/mol. The van der Waals surface area contributed by atoms with E-state index >= 15 is 0 Å². The molecular formula is C8H12N2. The molecule has 1 rings (SSSR count). The van der Waals surface area contributed by atoms with Gasteiger partial charge in [-0.05, 0) is 19.2 Å². The summed E-state index contributed by atoms with van der Waals surface area (Å²) in [7, 11) is 0. The Kier molecular flexibility index (Phi) is 2.15. The third-order valence-electron chi connectivity index (χ3n) is 1.48. The molecule has 0 radical (unpaired) electrons. The van der Waals surface area contributed by atoms with Crippen molar-refractivity contribution in [2.75, 3.05) is 0 Å². The van der Waals surface area contributed by atoms with Crippen LogP contribution in [-0.2, 0) is 0 Å². The van der Waals surface area contributed by atoms with Crippen LogP contribution in [-0.4, -0.2) is 6.04 Å². The van der Waals surface area contributed by atoms with E-state index in [0.717, 1.165) is 5.70 Å². The summed E-state index contributed by atoms with van der Waals surface area (Å²) in [5.74, 6) is 0. The van der Waals surface area contributed by atoms with Crippen LogP contribution < -0.4 is 11.1 Å². The second-order valence-corrected chi connectivity index (χ2v) is 2.18. The molecule has 0 aromatic rings. The predicted molar refractivity (Wildman–Crippen MR) is 43.1 cm³/mol. The van der Waals surface area contributed by atoms with Crippen molar-refractivity contribution in [2.45, 2.75) is 13.0 Å². The first-order valence-corrected chi connectivity index (χ1v) is 3.35. The summed E-state index contributed by atoms with van der Waals surface area (Å²) in [6, 6.07) is 0.190. The summed E-state index contributed by atoms with van der Waals surface area (Å²) in [5, 5.41) is 3.11. The molecule has 2 nitrogen and oxygen atoms in total. The highest BCUT2D eigenvalue weighted by Crippen LogP contribution is 2.00. The summed E-state index contributed by atoms with van der Waals surface area (Å²) >= 11 is 0. The van der Waals surface area contributed by atoms with Crippen LogP contribution in [0, 0.1) is 0 Å². The molecule has 1 heterocycles. The van der Waals surface area contributed by atoms with Crippen LogP contribution in [0.25, 0.3) is 0 Å². The van der Waals surface area contributed by atoms with Crippen LogP contribution in [0.2, 0.25) is 0 Å². The number of nitrogens with one attached hydrogen (secondary N) is 1. The van der Waals surface area contributed by atoms with Crippen LogP contribution in [0.15, 0.2) is 36.2 Å².